The van der Waals surface area contributed by atoms with Crippen LogP contribution in [0.4, 0.5) is 0 Å². The zero-order valence-electron chi connectivity index (χ0n) is 11.2. The van der Waals surface area contributed by atoms with Crippen LogP contribution in [-0.4, -0.2) is 11.2 Å². The van der Waals surface area contributed by atoms with Gasteiger partial charge in [-0.25, -0.2) is 4.79 Å². The van der Waals surface area contributed by atoms with Gasteiger partial charge in [0.1, 0.15) is 12.4 Å². The van der Waals surface area contributed by atoms with Crippen LogP contribution in [0.25, 0.3) is 11.1 Å². The fourth-order valence-corrected chi connectivity index (χ4v) is 2.14. The number of oxazole rings is 1. The molecule has 0 aliphatic rings. The molecule has 0 unspecified atom stereocenters. The van der Waals surface area contributed by atoms with Crippen LogP contribution in [0.2, 0.25) is 0 Å². The number of hydrogen-bond acceptors (Lipinski definition) is 4. The van der Waals surface area contributed by atoms with E-state index < -0.39 is 5.76 Å². The van der Waals surface area contributed by atoms with E-state index in [1.54, 1.807) is 30.3 Å². The summed E-state index contributed by atoms with van der Waals surface area (Å²) in [4.78, 5) is 11.8. The maximum absolute atomic E-state index is 11.8. The zero-order valence-corrected chi connectivity index (χ0v) is 11.2. The second kappa shape index (κ2) is 5.55. The molecule has 1 heterocycles. The third kappa shape index (κ3) is 2.65. The SMILES string of the molecule is N#Cc1cccc(OCCn2c(=O)oc3ccccc32)c1. The Morgan fingerprint density at radius 2 is 2.05 bits per heavy atom. The van der Waals surface area contributed by atoms with Gasteiger partial charge >= 0.3 is 5.76 Å². The van der Waals surface area contributed by atoms with Crippen molar-refractivity contribution in [2.24, 2.45) is 0 Å². The van der Waals surface area contributed by atoms with E-state index >= 15 is 0 Å². The molecule has 2 aromatic carbocycles. The maximum atomic E-state index is 11.8. The molecule has 0 fully saturated rings. The highest BCUT2D eigenvalue weighted by Crippen LogP contribution is 2.14. The summed E-state index contributed by atoms with van der Waals surface area (Å²) < 4.78 is 12.3. The zero-order chi connectivity index (χ0) is 14.7. The van der Waals surface area contributed by atoms with E-state index in [4.69, 9.17) is 14.4 Å². The first-order valence-electron chi connectivity index (χ1n) is 6.49. The van der Waals surface area contributed by atoms with Gasteiger partial charge in [-0.3, -0.25) is 4.57 Å². The van der Waals surface area contributed by atoms with Gasteiger partial charge in [0.15, 0.2) is 5.58 Å². The summed E-state index contributed by atoms with van der Waals surface area (Å²) in [5, 5.41) is 8.83. The average molecular weight is 280 g/mol. The lowest BCUT2D eigenvalue weighted by Gasteiger charge is -2.06. The van der Waals surface area contributed by atoms with Gasteiger partial charge in [0.05, 0.1) is 23.7 Å². The Hall–Kier alpha value is -3.00. The Morgan fingerprint density at radius 3 is 2.90 bits per heavy atom. The molecule has 0 radical (unpaired) electrons. The van der Waals surface area contributed by atoms with Crippen molar-refractivity contribution >= 4 is 11.1 Å². The smallest absolute Gasteiger partial charge is 0.420 e. The van der Waals surface area contributed by atoms with E-state index in [0.717, 1.165) is 5.52 Å². The standard InChI is InChI=1S/C16H12N2O3/c17-11-12-4-3-5-13(10-12)20-9-8-18-14-6-1-2-7-15(14)21-16(18)19/h1-7,10H,8-9H2. The van der Waals surface area contributed by atoms with Crippen LogP contribution in [0.3, 0.4) is 0 Å². The van der Waals surface area contributed by atoms with Crippen LogP contribution in [0.1, 0.15) is 5.56 Å². The molecular formula is C16H12N2O3. The lowest BCUT2D eigenvalue weighted by molar-refractivity contribution is 0.294. The molecule has 3 rings (SSSR count). The van der Waals surface area contributed by atoms with E-state index in [0.29, 0.717) is 30.0 Å². The fraction of sp³-hybridized carbons (Fsp3) is 0.125. The Kier molecular flexibility index (Phi) is 3.44. The minimum absolute atomic E-state index is 0.318. The van der Waals surface area contributed by atoms with Crippen LogP contribution >= 0.6 is 0 Å². The molecule has 5 nitrogen and oxygen atoms in total. The monoisotopic (exact) mass is 280 g/mol. The molecule has 104 valence electrons. The second-order valence-electron chi connectivity index (χ2n) is 4.48. The molecule has 0 aliphatic carbocycles. The molecule has 0 bridgehead atoms. The number of benzene rings is 2. The summed E-state index contributed by atoms with van der Waals surface area (Å²) >= 11 is 0. The van der Waals surface area contributed by atoms with Crippen molar-refractivity contribution in [2.75, 3.05) is 6.61 Å². The molecule has 0 spiro atoms. The lowest BCUT2D eigenvalue weighted by atomic mass is 10.2. The van der Waals surface area contributed by atoms with Gasteiger partial charge in [-0.15, -0.1) is 0 Å². The van der Waals surface area contributed by atoms with Crippen molar-refractivity contribution < 1.29 is 9.15 Å². The largest absolute Gasteiger partial charge is 0.492 e. The van der Waals surface area contributed by atoms with Gasteiger partial charge in [-0.2, -0.15) is 5.26 Å². The minimum Gasteiger partial charge on any atom is -0.492 e. The summed E-state index contributed by atoms with van der Waals surface area (Å²) in [7, 11) is 0. The van der Waals surface area contributed by atoms with Crippen molar-refractivity contribution in [3.63, 3.8) is 0 Å². The van der Waals surface area contributed by atoms with Gasteiger partial charge in [0.2, 0.25) is 0 Å². The molecule has 1 aromatic heterocycles. The van der Waals surface area contributed by atoms with Crippen molar-refractivity contribution in [3.05, 3.63) is 64.6 Å². The van der Waals surface area contributed by atoms with Gasteiger partial charge < -0.3 is 9.15 Å². The van der Waals surface area contributed by atoms with Gasteiger partial charge in [-0.05, 0) is 30.3 Å². The summed E-state index contributed by atoms with van der Waals surface area (Å²) in [6, 6.07) is 16.2. The number of nitrogens with zero attached hydrogens (tertiary/aromatic N) is 2. The highest BCUT2D eigenvalue weighted by Gasteiger charge is 2.08. The Morgan fingerprint density at radius 1 is 1.19 bits per heavy atom. The molecular weight excluding hydrogens is 268 g/mol. The third-order valence-corrected chi connectivity index (χ3v) is 3.12. The number of nitriles is 1. The van der Waals surface area contributed by atoms with Crippen molar-refractivity contribution in [1.82, 2.24) is 4.57 Å². The number of para-hydroxylation sites is 2. The second-order valence-corrected chi connectivity index (χ2v) is 4.48. The number of ether oxygens (including phenoxy) is 1. The highest BCUT2D eigenvalue weighted by atomic mass is 16.5. The molecule has 0 amide bonds. The topological polar surface area (TPSA) is 68.2 Å². The molecule has 0 aliphatic heterocycles. The Labute approximate surface area is 120 Å². The fourth-order valence-electron chi connectivity index (χ4n) is 2.14. The van der Waals surface area contributed by atoms with Crippen molar-refractivity contribution in [1.29, 1.82) is 5.26 Å². The summed E-state index contributed by atoms with van der Waals surface area (Å²) in [5.41, 5.74) is 1.85. The predicted molar refractivity (Wildman–Crippen MR) is 77.1 cm³/mol. The molecule has 0 N–H and O–H groups in total. The number of hydrogen-bond donors (Lipinski definition) is 0. The Balaban J connectivity index is 1.74. The average Bonchev–Trinajstić information content (AvgIpc) is 2.83. The molecule has 21 heavy (non-hydrogen) atoms. The van der Waals surface area contributed by atoms with Crippen molar-refractivity contribution in [2.45, 2.75) is 6.54 Å². The van der Waals surface area contributed by atoms with E-state index in [1.807, 2.05) is 18.2 Å². The van der Waals surface area contributed by atoms with E-state index in [-0.39, 0.29) is 0 Å². The van der Waals surface area contributed by atoms with E-state index in [2.05, 4.69) is 6.07 Å². The van der Waals surface area contributed by atoms with Crippen LogP contribution in [-0.2, 0) is 6.54 Å². The Bertz CT molecular complexity index is 871. The molecule has 0 atom stereocenters. The quantitative estimate of drug-likeness (QED) is 0.736. The van der Waals surface area contributed by atoms with Crippen LogP contribution in [0.15, 0.2) is 57.7 Å². The number of rotatable bonds is 4. The van der Waals surface area contributed by atoms with E-state index in [1.165, 1.54) is 4.57 Å². The summed E-state index contributed by atoms with van der Waals surface area (Å²) in [5.74, 6) is 0.209. The first-order valence-corrected chi connectivity index (χ1v) is 6.49. The number of aromatic nitrogens is 1. The molecule has 0 saturated carbocycles. The van der Waals surface area contributed by atoms with E-state index in [9.17, 15) is 4.79 Å². The van der Waals surface area contributed by atoms with Crippen molar-refractivity contribution in [3.8, 4) is 11.8 Å². The number of fused-ring (bicyclic) bond motifs is 1. The lowest BCUT2D eigenvalue weighted by Crippen LogP contribution is -2.18. The van der Waals surface area contributed by atoms with Gasteiger partial charge in [-0.1, -0.05) is 18.2 Å². The highest BCUT2D eigenvalue weighted by molar-refractivity contribution is 5.72. The molecule has 3 aromatic rings. The summed E-state index contributed by atoms with van der Waals surface area (Å²) in [6.45, 7) is 0.699. The van der Waals surface area contributed by atoms with Crippen LogP contribution in [0.5, 0.6) is 5.75 Å². The molecule has 5 heteroatoms. The van der Waals surface area contributed by atoms with Gasteiger partial charge in [0, 0.05) is 0 Å². The first-order chi connectivity index (χ1) is 10.3. The normalized spacial score (nSPS) is 10.4. The predicted octanol–water partition coefficient (Wildman–Crippen LogP) is 2.55. The van der Waals surface area contributed by atoms with Crippen LogP contribution < -0.4 is 10.5 Å². The van der Waals surface area contributed by atoms with Gasteiger partial charge in [0.25, 0.3) is 0 Å². The minimum atomic E-state index is -0.398. The first kappa shape index (κ1) is 13.0. The molecule has 0 saturated heterocycles. The van der Waals surface area contributed by atoms with Crippen LogP contribution in [0, 0.1) is 11.3 Å². The summed E-state index contributed by atoms with van der Waals surface area (Å²) in [6.07, 6.45) is 0. The maximum Gasteiger partial charge on any atom is 0.420 e. The third-order valence-electron chi connectivity index (χ3n) is 3.12.